The zero-order chi connectivity index (χ0) is 48.7. The maximum absolute atomic E-state index is 14.5. The molecule has 4 aromatic carbocycles. The summed E-state index contributed by atoms with van der Waals surface area (Å²) in [6.07, 6.45) is 1.74. The number of ether oxygens (including phenoxy) is 6. The number of rotatable bonds is 13. The van der Waals surface area contributed by atoms with Crippen molar-refractivity contribution < 1.29 is 47.9 Å². The first-order chi connectivity index (χ1) is 33.1. The highest BCUT2D eigenvalue weighted by molar-refractivity contribution is 7.10. The number of thiophene rings is 1. The summed E-state index contributed by atoms with van der Waals surface area (Å²) >= 11 is 19.6. The van der Waals surface area contributed by atoms with Crippen molar-refractivity contribution in [1.29, 1.82) is 0 Å². The number of hydrogen-bond acceptors (Lipinski definition) is 13. The number of nitrogens with zero attached hydrogens (tertiary/aromatic N) is 5. The molecule has 0 saturated carbocycles. The van der Waals surface area contributed by atoms with Crippen LogP contribution < -0.4 is 28.6 Å². The molecule has 0 saturated heterocycles. The van der Waals surface area contributed by atoms with Gasteiger partial charge in [0.05, 0.1) is 55.9 Å². The number of aliphatic imine (C=N–C) groups is 1. The molecule has 3 atom stereocenters. The Bertz CT molecular complexity index is 2870. The van der Waals surface area contributed by atoms with Crippen LogP contribution in [0.3, 0.4) is 0 Å². The van der Waals surface area contributed by atoms with Crippen LogP contribution in [0.5, 0.6) is 28.7 Å². The Morgan fingerprint density at radius 1 is 0.826 bits per heavy atom. The van der Waals surface area contributed by atoms with Gasteiger partial charge in [0.15, 0.2) is 29.2 Å². The molecule has 4 aliphatic heterocycles. The lowest BCUT2D eigenvalue weighted by atomic mass is 10.0. The quantitative estimate of drug-likeness (QED) is 0.112. The van der Waals surface area contributed by atoms with Crippen molar-refractivity contribution in [3.63, 3.8) is 0 Å². The van der Waals surface area contributed by atoms with E-state index in [0.717, 1.165) is 38.3 Å². The van der Waals surface area contributed by atoms with Gasteiger partial charge in [-0.1, -0.05) is 59.1 Å². The molecule has 4 aliphatic rings. The number of aliphatic hydroxyl groups is 1. The molecule has 1 unspecified atom stereocenters. The van der Waals surface area contributed by atoms with E-state index in [1.807, 2.05) is 60.4 Å². The summed E-state index contributed by atoms with van der Waals surface area (Å²) in [5.74, 6) is 1.22. The van der Waals surface area contributed by atoms with Gasteiger partial charge in [0, 0.05) is 48.9 Å². The number of anilines is 1. The average Bonchev–Trinajstić information content (AvgIpc) is 3.96. The van der Waals surface area contributed by atoms with Crippen LogP contribution in [0.4, 0.5) is 16.2 Å². The molecule has 5 heterocycles. The number of aliphatic hydroxyl groups excluding tert-OH is 1. The smallest absolute Gasteiger partial charge is 0.416 e. The Labute approximate surface area is 417 Å². The van der Waals surface area contributed by atoms with Crippen LogP contribution in [-0.4, -0.2) is 108 Å². The fourth-order valence-electron chi connectivity index (χ4n) is 9.01. The van der Waals surface area contributed by atoms with Gasteiger partial charge in [0.1, 0.15) is 25.6 Å². The van der Waals surface area contributed by atoms with Crippen LogP contribution in [0.2, 0.25) is 0 Å². The number of carbonyl (C=O) groups is 3. The topological polar surface area (TPSA) is 152 Å². The summed E-state index contributed by atoms with van der Waals surface area (Å²) in [4.78, 5) is 54.7. The van der Waals surface area contributed by atoms with Crippen molar-refractivity contribution in [3.05, 3.63) is 128 Å². The number of hydrogen-bond donors (Lipinski definition) is 1. The second kappa shape index (κ2) is 19.8. The van der Waals surface area contributed by atoms with Gasteiger partial charge >= 0.3 is 6.09 Å². The van der Waals surface area contributed by atoms with Gasteiger partial charge in [-0.05, 0) is 95.7 Å². The molecule has 1 N–H and O–H groups in total. The minimum Gasteiger partial charge on any atom is -0.497 e. The number of fused-ring (bicyclic) bond motifs is 5. The number of amides is 3. The Morgan fingerprint density at radius 2 is 1.49 bits per heavy atom. The maximum Gasteiger partial charge on any atom is 0.416 e. The van der Waals surface area contributed by atoms with E-state index < -0.39 is 34.7 Å². The van der Waals surface area contributed by atoms with Crippen molar-refractivity contribution in [3.8, 4) is 28.7 Å². The summed E-state index contributed by atoms with van der Waals surface area (Å²) in [6, 6.07) is 20.6. The third-order valence-electron chi connectivity index (χ3n) is 12.2. The first-order valence-electron chi connectivity index (χ1n) is 21.9. The zero-order valence-electron chi connectivity index (χ0n) is 38.2. The molecule has 19 heteroatoms. The number of alkyl halides is 3. The molecular weight excluding hydrogens is 969 g/mol. The third-order valence-corrected chi connectivity index (χ3v) is 13.6. The molecule has 0 aliphatic carbocycles. The van der Waals surface area contributed by atoms with Crippen molar-refractivity contribution in [2.45, 2.75) is 61.2 Å². The van der Waals surface area contributed by atoms with Crippen LogP contribution in [-0.2, 0) is 37.5 Å². The lowest BCUT2D eigenvalue weighted by Crippen LogP contribution is -2.50. The predicted octanol–water partition coefficient (Wildman–Crippen LogP) is 9.18. The van der Waals surface area contributed by atoms with Crippen molar-refractivity contribution >= 4 is 87.2 Å². The van der Waals surface area contributed by atoms with E-state index >= 15 is 0 Å². The van der Waals surface area contributed by atoms with E-state index in [1.165, 1.54) is 36.1 Å². The molecular formula is C50H48Cl3N5O10S. The van der Waals surface area contributed by atoms with Gasteiger partial charge in [-0.25, -0.2) is 9.69 Å². The Balaban J connectivity index is 0.993. The molecule has 9 rings (SSSR count). The molecule has 0 radical (unpaired) electrons. The standard InChI is InChI=1S/C50H48Cl3N5O10S/c1-55(2)22-28-12-29(25-66-43-19-38-36(17-41(43)64-4)46(59)56-23-32-10-11-69-45(32)16-34(56)21-54-38)14-30(13-28)26-67-44-20-39-37(18-42(44)65-5)47(60)57-24-33(31-6-8-35(63-3)9-7-31)15-40(57)48(61)58(39)49(62)68-27-50(51,52)53/h6-14,17-21,24,34,40,48,61H,15-16,22-23,25-27H2,1-5H3/t34-,40-,48?/m0/s1. The maximum atomic E-state index is 14.5. The number of benzene rings is 4. The van der Waals surface area contributed by atoms with Crippen LogP contribution in [0.15, 0.2) is 89.4 Å². The van der Waals surface area contributed by atoms with Crippen LogP contribution in [0.25, 0.3) is 5.57 Å². The summed E-state index contributed by atoms with van der Waals surface area (Å²) in [6.45, 7) is 0.635. The predicted molar refractivity (Wildman–Crippen MR) is 264 cm³/mol. The molecule has 0 fully saturated rings. The van der Waals surface area contributed by atoms with E-state index in [9.17, 15) is 19.5 Å². The first-order valence-corrected chi connectivity index (χ1v) is 23.9. The highest BCUT2D eigenvalue weighted by Crippen LogP contribution is 2.45. The fraction of sp³-hybridized carbons (Fsp3) is 0.320. The number of halogens is 3. The van der Waals surface area contributed by atoms with Crippen molar-refractivity contribution in [2.75, 3.05) is 46.9 Å². The van der Waals surface area contributed by atoms with E-state index in [1.54, 1.807) is 48.9 Å². The summed E-state index contributed by atoms with van der Waals surface area (Å²) in [5, 5.41) is 14.1. The number of carbonyl (C=O) groups excluding carboxylic acids is 3. The van der Waals surface area contributed by atoms with E-state index in [2.05, 4.69) is 11.4 Å². The fourth-order valence-corrected chi connectivity index (χ4v) is 10.1. The summed E-state index contributed by atoms with van der Waals surface area (Å²) in [5.41, 5.74) is 6.24. The molecule has 0 bridgehead atoms. The highest BCUT2D eigenvalue weighted by Gasteiger charge is 2.46. The summed E-state index contributed by atoms with van der Waals surface area (Å²) in [7, 11) is 8.47. The van der Waals surface area contributed by atoms with Gasteiger partial charge in [-0.3, -0.25) is 14.6 Å². The normalized spacial score (nSPS) is 18.3. The van der Waals surface area contributed by atoms with Crippen LogP contribution in [0, 0.1) is 0 Å². The molecule has 3 amide bonds. The molecule has 15 nitrogen and oxygen atoms in total. The van der Waals surface area contributed by atoms with Gasteiger partial charge in [0.25, 0.3) is 11.8 Å². The van der Waals surface area contributed by atoms with Crippen molar-refractivity contribution in [1.82, 2.24) is 14.7 Å². The largest absolute Gasteiger partial charge is 0.497 e. The zero-order valence-corrected chi connectivity index (χ0v) is 41.3. The molecule has 69 heavy (non-hydrogen) atoms. The third kappa shape index (κ3) is 10.0. The van der Waals surface area contributed by atoms with Gasteiger partial charge in [-0.2, -0.15) is 0 Å². The number of methoxy groups -OCH3 is 3. The summed E-state index contributed by atoms with van der Waals surface area (Å²) < 4.78 is 33.2. The van der Waals surface area contributed by atoms with Crippen LogP contribution >= 0.6 is 46.1 Å². The highest BCUT2D eigenvalue weighted by atomic mass is 35.6. The Kier molecular flexibility index (Phi) is 13.8. The SMILES string of the molecule is COc1ccc(C2=CN3C(=O)c4cc(OC)c(OCc5cc(COc6cc7c(cc6OC)C(=O)N6Cc8ccsc8C[C@H]6C=N7)cc(CN(C)C)c5)cc4N(C(=O)OCC(Cl)(Cl)Cl)C(O)[C@@H]3C2)cc1. The minimum absolute atomic E-state index is 0.00459. The average molecular weight is 1020 g/mol. The van der Waals surface area contributed by atoms with Crippen molar-refractivity contribution in [2.24, 2.45) is 4.99 Å². The van der Waals surface area contributed by atoms with Gasteiger partial charge in [0.2, 0.25) is 3.79 Å². The monoisotopic (exact) mass is 1020 g/mol. The van der Waals surface area contributed by atoms with E-state index in [0.29, 0.717) is 48.0 Å². The Morgan fingerprint density at radius 3 is 2.14 bits per heavy atom. The lowest BCUT2D eigenvalue weighted by molar-refractivity contribution is 0.0553. The first kappa shape index (κ1) is 48.0. The molecule has 0 spiro atoms. The second-order valence-corrected chi connectivity index (χ2v) is 20.7. The van der Waals surface area contributed by atoms with Crippen LogP contribution in [0.1, 0.15) is 59.8 Å². The van der Waals surface area contributed by atoms with E-state index in [4.69, 9.17) is 68.2 Å². The van der Waals surface area contributed by atoms with E-state index in [-0.39, 0.29) is 54.3 Å². The molecule has 5 aromatic rings. The lowest BCUT2D eigenvalue weighted by Gasteiger charge is -2.32. The molecule has 360 valence electrons. The minimum atomic E-state index is -1.96. The molecule has 1 aromatic heterocycles. The second-order valence-electron chi connectivity index (χ2n) is 17.2. The van der Waals surface area contributed by atoms with Gasteiger partial charge in [-0.15, -0.1) is 11.3 Å². The van der Waals surface area contributed by atoms with Gasteiger partial charge < -0.3 is 48.2 Å². The Hall–Kier alpha value is -6.01.